The van der Waals surface area contributed by atoms with Crippen molar-refractivity contribution in [3.05, 3.63) is 22.4 Å². The number of likely N-dealkylation sites (tertiary alicyclic amines) is 1. The van der Waals surface area contributed by atoms with Crippen LogP contribution < -0.4 is 16.5 Å². The van der Waals surface area contributed by atoms with E-state index in [1.54, 1.807) is 49.3 Å². The Morgan fingerprint density at radius 2 is 1.56 bits per heavy atom. The molecule has 2 heterocycles. The Morgan fingerprint density at radius 3 is 2.08 bits per heavy atom. The Bertz CT molecular complexity index is 1480. The predicted octanol–water partition coefficient (Wildman–Crippen LogP) is 3.12. The van der Waals surface area contributed by atoms with E-state index < -0.39 is 47.7 Å². The van der Waals surface area contributed by atoms with E-state index in [0.29, 0.717) is 78.6 Å². The number of carbonyl (C=O) groups excluding carboxylic acids is 4. The normalized spacial score (nSPS) is 18.3. The first-order valence-electron chi connectivity index (χ1n) is 23.0. The van der Waals surface area contributed by atoms with Crippen LogP contribution in [-0.4, -0.2) is 180 Å². The van der Waals surface area contributed by atoms with Crippen molar-refractivity contribution in [2.45, 2.75) is 130 Å². The third kappa shape index (κ3) is 18.1. The fraction of sp³-hybridized carbons (Fsp3) is 0.826. The molecular weight excluding hydrogens is 845 g/mol. The molecule has 0 saturated carbocycles. The van der Waals surface area contributed by atoms with Crippen molar-refractivity contribution >= 4 is 35.0 Å². The van der Waals surface area contributed by atoms with E-state index in [2.05, 4.69) is 15.5 Å². The molecule has 0 aliphatic carbocycles. The van der Waals surface area contributed by atoms with Gasteiger partial charge in [-0.05, 0) is 48.6 Å². The number of carbonyl (C=O) groups is 4. The van der Waals surface area contributed by atoms with Crippen molar-refractivity contribution in [3.63, 3.8) is 0 Å². The van der Waals surface area contributed by atoms with Gasteiger partial charge in [0, 0.05) is 45.7 Å². The lowest BCUT2D eigenvalue weighted by Crippen LogP contribution is -2.62. The van der Waals surface area contributed by atoms with Crippen molar-refractivity contribution in [2.24, 2.45) is 29.1 Å². The summed E-state index contributed by atoms with van der Waals surface area (Å²) < 4.78 is 28.7. The zero-order chi connectivity index (χ0) is 48.0. The first-order valence-corrected chi connectivity index (χ1v) is 23.9. The summed E-state index contributed by atoms with van der Waals surface area (Å²) in [5.74, 6) is 3.32. The van der Waals surface area contributed by atoms with Gasteiger partial charge in [-0.25, -0.2) is 5.90 Å². The van der Waals surface area contributed by atoms with Crippen molar-refractivity contribution in [1.82, 2.24) is 25.3 Å². The molecule has 1 aliphatic rings. The van der Waals surface area contributed by atoms with Crippen LogP contribution in [0, 0.1) is 23.2 Å². The van der Waals surface area contributed by atoms with Gasteiger partial charge in [0.2, 0.25) is 23.6 Å². The van der Waals surface area contributed by atoms with Crippen LogP contribution in [0.5, 0.6) is 0 Å². The molecule has 2 rings (SSSR count). The van der Waals surface area contributed by atoms with Gasteiger partial charge in [0.15, 0.2) is 0 Å². The fourth-order valence-corrected chi connectivity index (χ4v) is 9.35. The number of nitrogens with two attached hydrogens (primary N) is 1. The summed E-state index contributed by atoms with van der Waals surface area (Å²) in [4.78, 5) is 67.7. The van der Waals surface area contributed by atoms with Crippen LogP contribution in [-0.2, 0) is 54.1 Å². The van der Waals surface area contributed by atoms with E-state index >= 15 is 0 Å². The summed E-state index contributed by atoms with van der Waals surface area (Å²) in [6, 6.07) is 1.20. The molecule has 17 nitrogen and oxygen atoms in total. The second kappa shape index (κ2) is 29.8. The number of nitrogens with one attached hydrogen (secondary N) is 2. The molecule has 0 radical (unpaired) electrons. The lowest BCUT2D eigenvalue weighted by atomic mass is 9.83. The standard InChI is InChI=1S/C46H84N6O11S/c1-13-32(4)40(37(58-11)29-38(54)52-18-14-17-36(52)41(59-12)33(5)43(55)48-34(30-53)28-35-16-15-27-64-35)51(10)45(57)42(46(6,7)8)49-44(56)39(31(2)3)50(9)19-20-60-21-22-61-23-24-62-25-26-63-47/h15-16,27,31-34,36-37,39-42,53H,13-14,17-26,28-30,47H2,1-12H3,(H,48,55)(H,49,56)/t32-,33+,34-,36-,37+,39-,40-,41+,42+/m0/s1. The Kier molecular flexibility index (Phi) is 26.7. The van der Waals surface area contributed by atoms with Crippen LogP contribution in [0.15, 0.2) is 17.5 Å². The Balaban J connectivity index is 2.16. The van der Waals surface area contributed by atoms with Crippen LogP contribution in [0.4, 0.5) is 0 Å². The number of amides is 4. The Hall–Kier alpha value is -2.78. The molecule has 0 bridgehead atoms. The minimum absolute atomic E-state index is 0.00445. The monoisotopic (exact) mass is 929 g/mol. The van der Waals surface area contributed by atoms with Gasteiger partial charge in [-0.3, -0.25) is 24.1 Å². The molecule has 18 heteroatoms. The van der Waals surface area contributed by atoms with E-state index in [1.165, 1.54) is 0 Å². The predicted molar refractivity (Wildman–Crippen MR) is 248 cm³/mol. The number of hydrogen-bond acceptors (Lipinski definition) is 14. The molecule has 4 amide bonds. The van der Waals surface area contributed by atoms with E-state index in [0.717, 1.165) is 11.3 Å². The zero-order valence-electron chi connectivity index (χ0n) is 41.0. The number of nitrogens with zero attached hydrogens (tertiary/aromatic N) is 3. The molecule has 0 aromatic carbocycles. The van der Waals surface area contributed by atoms with E-state index in [9.17, 15) is 24.3 Å². The number of hydrogen-bond donors (Lipinski definition) is 4. The highest BCUT2D eigenvalue weighted by Gasteiger charge is 2.44. The van der Waals surface area contributed by atoms with Gasteiger partial charge in [-0.15, -0.1) is 11.3 Å². The minimum Gasteiger partial charge on any atom is -0.394 e. The minimum atomic E-state index is -0.881. The molecule has 1 saturated heterocycles. The second-order valence-electron chi connectivity index (χ2n) is 18.4. The molecule has 1 fully saturated rings. The maximum Gasteiger partial charge on any atom is 0.245 e. The van der Waals surface area contributed by atoms with Crippen LogP contribution in [0.2, 0.25) is 0 Å². The molecule has 370 valence electrons. The van der Waals surface area contributed by atoms with Gasteiger partial charge >= 0.3 is 0 Å². The molecular formula is C46H84N6O11S. The lowest BCUT2D eigenvalue weighted by molar-refractivity contribution is -0.149. The van der Waals surface area contributed by atoms with Crippen LogP contribution in [0.1, 0.15) is 86.0 Å². The third-order valence-electron chi connectivity index (χ3n) is 12.3. The fourth-order valence-electron chi connectivity index (χ4n) is 8.56. The van der Waals surface area contributed by atoms with E-state index in [4.69, 9.17) is 29.6 Å². The molecule has 1 aromatic rings. The highest BCUT2D eigenvalue weighted by molar-refractivity contribution is 7.09. The van der Waals surface area contributed by atoms with Gasteiger partial charge in [0.1, 0.15) is 6.04 Å². The Labute approximate surface area is 387 Å². The number of likely N-dealkylation sites (N-methyl/N-ethyl adjacent to an activating group) is 2. The van der Waals surface area contributed by atoms with Crippen molar-refractivity contribution in [2.75, 3.05) is 94.3 Å². The van der Waals surface area contributed by atoms with Crippen LogP contribution in [0.3, 0.4) is 0 Å². The molecule has 1 aromatic heterocycles. The summed E-state index contributed by atoms with van der Waals surface area (Å²) in [6.45, 7) is 19.2. The average molecular weight is 929 g/mol. The number of ether oxygens (including phenoxy) is 5. The smallest absolute Gasteiger partial charge is 0.245 e. The van der Waals surface area contributed by atoms with Gasteiger partial charge in [0.25, 0.3) is 0 Å². The quantitative estimate of drug-likeness (QED) is 0.0607. The number of methoxy groups -OCH3 is 2. The largest absolute Gasteiger partial charge is 0.394 e. The van der Waals surface area contributed by atoms with Gasteiger partial charge in [0.05, 0.1) is 102 Å². The average Bonchev–Trinajstić information content (AvgIpc) is 3.96. The second-order valence-corrected chi connectivity index (χ2v) is 19.5. The van der Waals surface area contributed by atoms with Crippen LogP contribution >= 0.6 is 11.3 Å². The summed E-state index contributed by atoms with van der Waals surface area (Å²) in [5.41, 5.74) is -0.659. The van der Waals surface area contributed by atoms with Gasteiger partial charge in [-0.2, -0.15) is 0 Å². The van der Waals surface area contributed by atoms with E-state index in [-0.39, 0.29) is 54.5 Å². The SMILES string of the molecule is CC[C@H](C)[C@@H]([C@@H](CC(=O)N1CCC[C@H]1[C@H](OC)[C@@H](C)C(=O)N[C@H](CO)Cc1cccs1)OC)N(C)C(=O)[C@@H](NC(=O)[C@H](C(C)C)N(C)CCOCCOCCOCCON)C(C)(C)C. The van der Waals surface area contributed by atoms with Gasteiger partial charge < -0.3 is 54.1 Å². The van der Waals surface area contributed by atoms with Crippen molar-refractivity contribution < 1.29 is 52.8 Å². The molecule has 1 aliphatic heterocycles. The summed E-state index contributed by atoms with van der Waals surface area (Å²) >= 11 is 1.57. The first kappa shape index (κ1) is 57.3. The third-order valence-corrected chi connectivity index (χ3v) is 13.2. The summed E-state index contributed by atoms with van der Waals surface area (Å²) in [5, 5.41) is 18.1. The summed E-state index contributed by atoms with van der Waals surface area (Å²) in [6.07, 6.45) is 1.40. The highest BCUT2D eigenvalue weighted by atomic mass is 32.1. The highest BCUT2D eigenvalue weighted by Crippen LogP contribution is 2.31. The Morgan fingerprint density at radius 1 is 0.938 bits per heavy atom. The van der Waals surface area contributed by atoms with E-state index in [1.807, 2.05) is 77.9 Å². The van der Waals surface area contributed by atoms with Crippen LogP contribution in [0.25, 0.3) is 0 Å². The topological polar surface area (TPSA) is 204 Å². The lowest BCUT2D eigenvalue weighted by Gasteiger charge is -2.42. The van der Waals surface area contributed by atoms with Crippen molar-refractivity contribution in [3.8, 4) is 0 Å². The maximum absolute atomic E-state index is 14.7. The first-order chi connectivity index (χ1) is 30.4. The van der Waals surface area contributed by atoms with Gasteiger partial charge in [-0.1, -0.05) is 67.9 Å². The molecule has 9 atom stereocenters. The maximum atomic E-state index is 14.7. The molecule has 0 spiro atoms. The molecule has 64 heavy (non-hydrogen) atoms. The molecule has 5 N–H and O–H groups in total. The number of thiophene rings is 1. The number of aliphatic hydroxyl groups excluding tert-OH is 1. The van der Waals surface area contributed by atoms with Crippen molar-refractivity contribution in [1.29, 1.82) is 0 Å². The number of aliphatic hydroxyl groups is 1. The molecule has 0 unspecified atom stereocenters. The number of rotatable bonds is 32. The summed E-state index contributed by atoms with van der Waals surface area (Å²) in [7, 11) is 6.73. The zero-order valence-corrected chi connectivity index (χ0v) is 41.8.